The predicted molar refractivity (Wildman–Crippen MR) is 602 cm³/mol. The highest BCUT2D eigenvalue weighted by molar-refractivity contribution is 6.20. The molecular weight excluding hydrogens is 1750 g/mol. The third-order valence-corrected chi connectivity index (χ3v) is 28.5. The number of benzene rings is 23. The van der Waals surface area contributed by atoms with Crippen molar-refractivity contribution >= 4 is 162 Å². The summed E-state index contributed by atoms with van der Waals surface area (Å²) in [5.41, 5.74) is 22.9. The summed E-state index contributed by atoms with van der Waals surface area (Å²) in [6, 6.07) is 169. The minimum Gasteiger partial charge on any atom is -0.264 e. The van der Waals surface area contributed by atoms with Gasteiger partial charge < -0.3 is 0 Å². The Kier molecular flexibility index (Phi) is 20.7. The quantitative estimate of drug-likeness (QED) is 0.117. The van der Waals surface area contributed by atoms with Crippen LogP contribution in [-0.2, 0) is 0 Å². The van der Waals surface area contributed by atoms with E-state index in [2.05, 4.69) is 487 Å². The third kappa shape index (κ3) is 15.3. The first-order valence-electron chi connectivity index (χ1n) is 48.7. The van der Waals surface area contributed by atoms with Gasteiger partial charge in [0.05, 0.1) is 45.2 Å². The zero-order valence-corrected chi connectivity index (χ0v) is 77.9. The lowest BCUT2D eigenvalue weighted by Gasteiger charge is -2.17. The van der Waals surface area contributed by atoms with Crippen molar-refractivity contribution in [3.63, 3.8) is 0 Å². The Morgan fingerprint density at radius 1 is 0.132 bits per heavy atom. The first-order chi connectivity index (χ1) is 71.3. The van der Waals surface area contributed by atoms with Crippen molar-refractivity contribution in [2.45, 2.75) is 0 Å². The summed E-state index contributed by atoms with van der Waals surface area (Å²) in [6.07, 6.45) is 9.05. The number of nitrogens with zero attached hydrogens (tertiary/aromatic N) is 9. The van der Waals surface area contributed by atoms with Gasteiger partial charge in [0.1, 0.15) is 6.33 Å². The standard InChI is InChI=1S/2C47H29N3.C41H25N3/c1-5-15-38-33(10-1)27-34-11-2-6-16-39(34)45(38)43-29-44(46-40-17-7-3-12-35(40)28-36-13-4-8-18-41(36)46)50-47(49-43)31-21-19-30(20-22-31)32-23-24-42-37(26-32)14-9-25-48-42;1-5-13-39-34(9-1)26-35-10-2-6-14-40(35)45(39)43-28-44(46-41-15-7-3-11-36(41)27-37-12-4-8-16-42(37)46)50-47(49-43)31-19-17-30(18-20-31)32-21-22-38-29-48-24-23-33(38)25-32;1-5-13-33-27(9-1)19-28-10-2-6-14-34(28)40(33)38-22-32(26-17-18-31-24-42-25-43-37(31)21-26)23-39(44-38)41-35-15-7-3-11-29(35)20-30-12-4-8-16-36(30)41/h2*1-29H;1-25H. The first kappa shape index (κ1) is 84.0. The van der Waals surface area contributed by atoms with E-state index >= 15 is 0 Å². The number of aromatic nitrogens is 9. The number of rotatable bonds is 11. The minimum absolute atomic E-state index is 0.695. The molecule has 9 heteroatoms. The molecular formula is C135H83N9. The second-order valence-electron chi connectivity index (χ2n) is 37.0. The summed E-state index contributed by atoms with van der Waals surface area (Å²) in [6.45, 7) is 0. The van der Waals surface area contributed by atoms with E-state index in [1.807, 2.05) is 30.9 Å². The molecule has 0 saturated carbocycles. The van der Waals surface area contributed by atoms with Gasteiger partial charge in [0, 0.05) is 85.5 Å². The molecule has 6 heterocycles. The monoisotopic (exact) mass is 1830 g/mol. The molecule has 0 saturated heterocycles. The molecule has 0 atom stereocenters. The molecule has 29 rings (SSSR count). The van der Waals surface area contributed by atoms with Crippen LogP contribution in [0.25, 0.3) is 286 Å². The van der Waals surface area contributed by atoms with E-state index in [0.717, 1.165) is 139 Å². The molecule has 668 valence electrons. The highest BCUT2D eigenvalue weighted by atomic mass is 14.9. The Hall–Kier alpha value is -19.4. The van der Waals surface area contributed by atoms with Crippen LogP contribution in [0.1, 0.15) is 0 Å². The van der Waals surface area contributed by atoms with Crippen LogP contribution in [0.2, 0.25) is 0 Å². The van der Waals surface area contributed by atoms with E-state index in [-0.39, 0.29) is 0 Å². The fourth-order valence-corrected chi connectivity index (χ4v) is 21.7. The number of fused-ring (bicyclic) bond motifs is 15. The number of hydrogen-bond acceptors (Lipinski definition) is 9. The zero-order chi connectivity index (χ0) is 95.1. The van der Waals surface area contributed by atoms with Gasteiger partial charge in [0.2, 0.25) is 0 Å². The van der Waals surface area contributed by atoms with Crippen molar-refractivity contribution in [3.8, 4) is 124 Å². The van der Waals surface area contributed by atoms with Crippen molar-refractivity contribution in [1.82, 2.24) is 44.9 Å². The molecule has 0 radical (unpaired) electrons. The molecule has 0 spiro atoms. The van der Waals surface area contributed by atoms with Gasteiger partial charge in [-0.05, 0) is 265 Å². The Balaban J connectivity index is 0.000000108. The maximum atomic E-state index is 5.54. The zero-order valence-electron chi connectivity index (χ0n) is 77.9. The van der Waals surface area contributed by atoms with Gasteiger partial charge in [0.25, 0.3) is 0 Å². The normalized spacial score (nSPS) is 11.6. The fourth-order valence-electron chi connectivity index (χ4n) is 21.7. The summed E-state index contributed by atoms with van der Waals surface area (Å²) in [5.74, 6) is 1.39. The van der Waals surface area contributed by atoms with Crippen LogP contribution in [0.3, 0.4) is 0 Å². The smallest absolute Gasteiger partial charge is 0.160 e. The molecule has 29 aromatic rings. The molecule has 0 aliphatic rings. The number of hydrogen-bond donors (Lipinski definition) is 0. The van der Waals surface area contributed by atoms with Gasteiger partial charge >= 0.3 is 0 Å². The second-order valence-corrected chi connectivity index (χ2v) is 37.0. The Morgan fingerprint density at radius 2 is 0.396 bits per heavy atom. The summed E-state index contributed by atoms with van der Waals surface area (Å²) < 4.78 is 0. The fraction of sp³-hybridized carbons (Fsp3) is 0. The van der Waals surface area contributed by atoms with Crippen LogP contribution in [-0.4, -0.2) is 44.9 Å². The molecule has 6 aromatic heterocycles. The topological polar surface area (TPSA) is 116 Å². The molecule has 0 unspecified atom stereocenters. The molecule has 0 aliphatic carbocycles. The third-order valence-electron chi connectivity index (χ3n) is 28.5. The Labute approximate surface area is 828 Å². The average molecular weight is 1830 g/mol. The summed E-state index contributed by atoms with van der Waals surface area (Å²) >= 11 is 0. The molecule has 0 amide bonds. The van der Waals surface area contributed by atoms with Crippen LogP contribution < -0.4 is 0 Å². The lowest BCUT2D eigenvalue weighted by molar-refractivity contribution is 1.19. The van der Waals surface area contributed by atoms with Crippen LogP contribution in [0.15, 0.2) is 504 Å². The van der Waals surface area contributed by atoms with Crippen molar-refractivity contribution in [2.24, 2.45) is 0 Å². The van der Waals surface area contributed by atoms with Crippen molar-refractivity contribution in [1.29, 1.82) is 0 Å². The number of pyridine rings is 3. The molecule has 9 nitrogen and oxygen atoms in total. The van der Waals surface area contributed by atoms with Gasteiger partial charge in [-0.15, -0.1) is 0 Å². The highest BCUT2D eigenvalue weighted by Gasteiger charge is 2.25. The van der Waals surface area contributed by atoms with Gasteiger partial charge in [-0.2, -0.15) is 0 Å². The molecule has 0 N–H and O–H groups in total. The van der Waals surface area contributed by atoms with Gasteiger partial charge in [-0.25, -0.2) is 34.9 Å². The van der Waals surface area contributed by atoms with Gasteiger partial charge in [-0.3, -0.25) is 9.97 Å². The maximum Gasteiger partial charge on any atom is 0.160 e. The molecule has 23 aromatic carbocycles. The summed E-state index contributed by atoms with van der Waals surface area (Å²) in [7, 11) is 0. The predicted octanol–water partition coefficient (Wildman–Crippen LogP) is 35.2. The Bertz CT molecular complexity index is 9130. The first-order valence-corrected chi connectivity index (χ1v) is 48.7. The molecule has 144 heavy (non-hydrogen) atoms. The second kappa shape index (κ2) is 35.6. The van der Waals surface area contributed by atoms with Crippen LogP contribution >= 0.6 is 0 Å². The lowest BCUT2D eigenvalue weighted by Crippen LogP contribution is -1.98. The minimum atomic E-state index is 0.695. The van der Waals surface area contributed by atoms with E-state index in [4.69, 9.17) is 24.9 Å². The van der Waals surface area contributed by atoms with Gasteiger partial charge in [-0.1, -0.05) is 376 Å². The van der Waals surface area contributed by atoms with Crippen LogP contribution in [0.5, 0.6) is 0 Å². The molecule has 0 bridgehead atoms. The largest absolute Gasteiger partial charge is 0.264 e. The maximum absolute atomic E-state index is 5.54. The van der Waals surface area contributed by atoms with Crippen molar-refractivity contribution in [3.05, 3.63) is 504 Å². The summed E-state index contributed by atoms with van der Waals surface area (Å²) in [5, 5.41) is 32.9. The van der Waals surface area contributed by atoms with E-state index in [0.29, 0.717) is 11.6 Å². The molecule has 0 fully saturated rings. The van der Waals surface area contributed by atoms with E-state index < -0.39 is 0 Å². The SMILES string of the molecule is c1ccc2c(-c3cc(-c4c5ccccc5cc5ccccc45)nc(-c4ccc(-c5ccc6cnccc6c5)cc4)n3)c3ccccc3cc2c1.c1ccc2c(-c3cc(-c4ccc5cncnc5c4)cc(-c4c5ccccc5cc5ccccc45)n3)c3ccccc3cc2c1.c1cnc2ccc(-c3ccc(-c4nc(-c5c6ccccc6cc6ccccc56)cc(-c5c6ccccc6cc6ccccc56)n4)cc3)cc2c1. The van der Waals surface area contributed by atoms with E-state index in [1.165, 1.54) is 135 Å². The average Bonchev–Trinajstić information content (AvgIpc) is 0.743. The van der Waals surface area contributed by atoms with E-state index in [9.17, 15) is 0 Å². The van der Waals surface area contributed by atoms with Crippen LogP contribution in [0.4, 0.5) is 0 Å². The lowest BCUT2D eigenvalue weighted by atomic mass is 9.90. The summed E-state index contributed by atoms with van der Waals surface area (Å²) in [4.78, 5) is 44.6. The van der Waals surface area contributed by atoms with E-state index in [1.54, 1.807) is 6.33 Å². The van der Waals surface area contributed by atoms with Gasteiger partial charge in [0.15, 0.2) is 11.6 Å². The van der Waals surface area contributed by atoms with Crippen LogP contribution in [0, 0.1) is 0 Å². The Morgan fingerprint density at radius 3 is 0.729 bits per heavy atom. The van der Waals surface area contributed by atoms with Crippen molar-refractivity contribution < 1.29 is 0 Å². The highest BCUT2D eigenvalue weighted by Crippen LogP contribution is 2.48. The van der Waals surface area contributed by atoms with Crippen molar-refractivity contribution in [2.75, 3.05) is 0 Å². The molecule has 0 aliphatic heterocycles.